The lowest BCUT2D eigenvalue weighted by atomic mass is 10.0. The first-order chi connectivity index (χ1) is 9.06. The number of benzene rings is 2. The summed E-state index contributed by atoms with van der Waals surface area (Å²) in [5.74, 6) is 0.289. The Labute approximate surface area is 122 Å². The molecule has 0 aliphatic heterocycles. The molecular formula is C16H17BrFN. The van der Waals surface area contributed by atoms with Gasteiger partial charge in [-0.2, -0.15) is 0 Å². The van der Waals surface area contributed by atoms with Crippen LogP contribution in [0.25, 0.3) is 0 Å². The summed E-state index contributed by atoms with van der Waals surface area (Å²) in [6.07, 6.45) is 0. The van der Waals surface area contributed by atoms with E-state index >= 15 is 0 Å². The summed E-state index contributed by atoms with van der Waals surface area (Å²) < 4.78 is 13.8. The number of anilines is 1. The standard InChI is InChI=1S/C16H17BrFN/c1-11(2)12-4-3-5-15(8-12)19-10-13-6-7-14(18)9-16(13)17/h3-9,11,19H,10H2,1-2H3. The number of rotatable bonds is 4. The van der Waals surface area contributed by atoms with E-state index in [1.807, 2.05) is 6.07 Å². The number of hydrogen-bond donors (Lipinski definition) is 1. The second-order valence-electron chi connectivity index (χ2n) is 4.87. The van der Waals surface area contributed by atoms with E-state index in [0.717, 1.165) is 15.7 Å². The van der Waals surface area contributed by atoms with Crippen molar-refractivity contribution in [1.82, 2.24) is 0 Å². The molecule has 19 heavy (non-hydrogen) atoms. The molecule has 2 aromatic carbocycles. The molecule has 0 spiro atoms. The number of halogens is 2. The highest BCUT2D eigenvalue weighted by Crippen LogP contribution is 2.21. The second kappa shape index (κ2) is 6.20. The maximum Gasteiger partial charge on any atom is 0.124 e. The largest absolute Gasteiger partial charge is 0.381 e. The SMILES string of the molecule is CC(C)c1cccc(NCc2ccc(F)cc2Br)c1. The van der Waals surface area contributed by atoms with Gasteiger partial charge in [0, 0.05) is 16.7 Å². The predicted molar refractivity (Wildman–Crippen MR) is 82.0 cm³/mol. The van der Waals surface area contributed by atoms with Crippen molar-refractivity contribution in [1.29, 1.82) is 0 Å². The van der Waals surface area contributed by atoms with Gasteiger partial charge in [-0.3, -0.25) is 0 Å². The van der Waals surface area contributed by atoms with Crippen molar-refractivity contribution in [2.75, 3.05) is 5.32 Å². The van der Waals surface area contributed by atoms with Gasteiger partial charge in [-0.15, -0.1) is 0 Å². The van der Waals surface area contributed by atoms with E-state index in [0.29, 0.717) is 12.5 Å². The molecule has 1 nitrogen and oxygen atoms in total. The topological polar surface area (TPSA) is 12.0 Å². The van der Waals surface area contributed by atoms with Crippen LogP contribution in [0.2, 0.25) is 0 Å². The highest BCUT2D eigenvalue weighted by molar-refractivity contribution is 9.10. The van der Waals surface area contributed by atoms with Crippen molar-refractivity contribution < 1.29 is 4.39 Å². The predicted octanol–water partition coefficient (Wildman–Crippen LogP) is 5.32. The normalized spacial score (nSPS) is 10.8. The highest BCUT2D eigenvalue weighted by Gasteiger charge is 2.03. The first-order valence-corrected chi connectivity index (χ1v) is 7.13. The summed E-state index contributed by atoms with van der Waals surface area (Å²) in [5, 5.41) is 3.36. The number of hydrogen-bond acceptors (Lipinski definition) is 1. The Morgan fingerprint density at radius 3 is 2.63 bits per heavy atom. The zero-order valence-electron chi connectivity index (χ0n) is 11.1. The van der Waals surface area contributed by atoms with Crippen molar-refractivity contribution in [2.45, 2.75) is 26.3 Å². The van der Waals surface area contributed by atoms with Gasteiger partial charge in [-0.1, -0.05) is 48.0 Å². The molecule has 0 bridgehead atoms. The van der Waals surface area contributed by atoms with Crippen LogP contribution in [0.4, 0.5) is 10.1 Å². The summed E-state index contributed by atoms with van der Waals surface area (Å²) in [5.41, 5.74) is 3.43. The molecule has 100 valence electrons. The van der Waals surface area contributed by atoms with Crippen LogP contribution in [0.15, 0.2) is 46.9 Å². The van der Waals surface area contributed by atoms with Gasteiger partial charge in [0.2, 0.25) is 0 Å². The molecule has 0 fully saturated rings. The quantitative estimate of drug-likeness (QED) is 0.803. The third-order valence-corrected chi connectivity index (χ3v) is 3.79. The van der Waals surface area contributed by atoms with Crippen LogP contribution in [0.5, 0.6) is 0 Å². The first-order valence-electron chi connectivity index (χ1n) is 6.34. The Hall–Kier alpha value is -1.35. The van der Waals surface area contributed by atoms with Crippen LogP contribution < -0.4 is 5.32 Å². The van der Waals surface area contributed by atoms with E-state index in [-0.39, 0.29) is 5.82 Å². The summed E-state index contributed by atoms with van der Waals surface area (Å²) >= 11 is 3.38. The lowest BCUT2D eigenvalue weighted by Crippen LogP contribution is -2.01. The van der Waals surface area contributed by atoms with Crippen LogP contribution >= 0.6 is 15.9 Å². The maximum atomic E-state index is 13.0. The molecule has 0 unspecified atom stereocenters. The second-order valence-corrected chi connectivity index (χ2v) is 5.72. The van der Waals surface area contributed by atoms with E-state index in [1.165, 1.54) is 17.7 Å². The van der Waals surface area contributed by atoms with Gasteiger partial charge in [0.05, 0.1) is 0 Å². The molecule has 0 saturated carbocycles. The molecular weight excluding hydrogens is 305 g/mol. The van der Waals surface area contributed by atoms with Gasteiger partial charge in [-0.25, -0.2) is 4.39 Å². The van der Waals surface area contributed by atoms with Crippen LogP contribution in [0.1, 0.15) is 30.9 Å². The Bertz CT molecular complexity index is 566. The minimum absolute atomic E-state index is 0.225. The highest BCUT2D eigenvalue weighted by atomic mass is 79.9. The van der Waals surface area contributed by atoms with Crippen molar-refractivity contribution in [2.24, 2.45) is 0 Å². The molecule has 0 aromatic heterocycles. The summed E-state index contributed by atoms with van der Waals surface area (Å²) in [4.78, 5) is 0. The molecule has 0 atom stereocenters. The molecule has 0 amide bonds. The lowest BCUT2D eigenvalue weighted by Gasteiger charge is -2.11. The van der Waals surface area contributed by atoms with E-state index in [4.69, 9.17) is 0 Å². The number of nitrogens with one attached hydrogen (secondary N) is 1. The minimum Gasteiger partial charge on any atom is -0.381 e. The Morgan fingerprint density at radius 2 is 1.95 bits per heavy atom. The smallest absolute Gasteiger partial charge is 0.124 e. The van der Waals surface area contributed by atoms with Gasteiger partial charge >= 0.3 is 0 Å². The van der Waals surface area contributed by atoms with Gasteiger partial charge in [-0.05, 0) is 41.3 Å². The van der Waals surface area contributed by atoms with E-state index in [9.17, 15) is 4.39 Å². The molecule has 2 aromatic rings. The monoisotopic (exact) mass is 321 g/mol. The van der Waals surface area contributed by atoms with Gasteiger partial charge in [0.25, 0.3) is 0 Å². The molecule has 0 aliphatic rings. The molecule has 1 N–H and O–H groups in total. The van der Waals surface area contributed by atoms with Crippen LogP contribution in [-0.2, 0) is 6.54 Å². The van der Waals surface area contributed by atoms with E-state index in [2.05, 4.69) is 53.3 Å². The van der Waals surface area contributed by atoms with E-state index in [1.54, 1.807) is 6.07 Å². The third-order valence-electron chi connectivity index (χ3n) is 3.05. The Balaban J connectivity index is 2.08. The van der Waals surface area contributed by atoms with Crippen molar-refractivity contribution in [3.63, 3.8) is 0 Å². The summed E-state index contributed by atoms with van der Waals surface area (Å²) in [7, 11) is 0. The molecule has 2 rings (SSSR count). The maximum absolute atomic E-state index is 13.0. The van der Waals surface area contributed by atoms with Crippen molar-refractivity contribution in [3.05, 3.63) is 63.9 Å². The van der Waals surface area contributed by atoms with Crippen molar-refractivity contribution in [3.8, 4) is 0 Å². The van der Waals surface area contributed by atoms with Gasteiger partial charge < -0.3 is 5.32 Å². The van der Waals surface area contributed by atoms with E-state index < -0.39 is 0 Å². The average Bonchev–Trinajstić information content (AvgIpc) is 2.38. The average molecular weight is 322 g/mol. The van der Waals surface area contributed by atoms with Crippen LogP contribution in [-0.4, -0.2) is 0 Å². The first kappa shape index (κ1) is 14.1. The zero-order valence-corrected chi connectivity index (χ0v) is 12.7. The molecule has 0 radical (unpaired) electrons. The van der Waals surface area contributed by atoms with Gasteiger partial charge in [0.1, 0.15) is 5.82 Å². The molecule has 0 saturated heterocycles. The third kappa shape index (κ3) is 3.80. The fourth-order valence-corrected chi connectivity index (χ4v) is 2.36. The fourth-order valence-electron chi connectivity index (χ4n) is 1.87. The summed E-state index contributed by atoms with van der Waals surface area (Å²) in [6, 6.07) is 13.1. The fraction of sp³-hybridized carbons (Fsp3) is 0.250. The summed E-state index contributed by atoms with van der Waals surface area (Å²) in [6.45, 7) is 5.02. The van der Waals surface area contributed by atoms with Crippen LogP contribution in [0, 0.1) is 5.82 Å². The van der Waals surface area contributed by atoms with Crippen LogP contribution in [0.3, 0.4) is 0 Å². The molecule has 0 aliphatic carbocycles. The minimum atomic E-state index is -0.225. The van der Waals surface area contributed by atoms with Crippen molar-refractivity contribution >= 4 is 21.6 Å². The Kier molecular flexibility index (Phi) is 4.59. The molecule has 3 heteroatoms. The lowest BCUT2D eigenvalue weighted by molar-refractivity contribution is 0.626. The Morgan fingerprint density at radius 1 is 1.16 bits per heavy atom. The zero-order chi connectivity index (χ0) is 13.8. The van der Waals surface area contributed by atoms with Gasteiger partial charge in [0.15, 0.2) is 0 Å². The molecule has 0 heterocycles.